The fourth-order valence-electron chi connectivity index (χ4n) is 6.63. The molecule has 0 aliphatic heterocycles. The van der Waals surface area contributed by atoms with E-state index in [1.54, 1.807) is 0 Å². The standard InChI is InChI=1S/C59H94O6/c1-4-7-10-13-16-19-22-24-26-28-30-32-34-37-40-43-46-49-52-58(61)64-55-56(54-63-57(60)51-48-45-42-39-36-21-18-15-12-9-6-3)65-59(62)53-50-47-44-41-38-35-33-31-29-27-25-23-20-17-14-11-8-5-2/h10,13,15-16,18-19,21-33,36,56H,4-9,11-12,14,17,20,34-35,37-55H2,1-3H3/b13-10-,18-15-,19-16-,24-22-,25-23-,28-26-,29-27-,32-30-,33-31-,36-21-. The molecule has 65 heavy (non-hydrogen) atoms. The lowest BCUT2D eigenvalue weighted by Gasteiger charge is -2.18. The Balaban J connectivity index is 4.52. The molecule has 0 rings (SSSR count). The molecule has 0 aliphatic rings. The largest absolute Gasteiger partial charge is 0.462 e. The number of ether oxygens (including phenoxy) is 3. The van der Waals surface area contributed by atoms with E-state index in [4.69, 9.17) is 14.2 Å². The lowest BCUT2D eigenvalue weighted by Crippen LogP contribution is -2.30. The Kier molecular flexibility index (Phi) is 49.1. The summed E-state index contributed by atoms with van der Waals surface area (Å²) in [5.41, 5.74) is 0. The van der Waals surface area contributed by atoms with Gasteiger partial charge in [0.2, 0.25) is 0 Å². The zero-order chi connectivity index (χ0) is 47.2. The zero-order valence-electron chi connectivity index (χ0n) is 41.7. The van der Waals surface area contributed by atoms with Crippen molar-refractivity contribution in [2.24, 2.45) is 0 Å². The number of rotatable bonds is 45. The van der Waals surface area contributed by atoms with Crippen LogP contribution in [0.15, 0.2) is 122 Å². The first-order valence-corrected chi connectivity index (χ1v) is 26.2. The van der Waals surface area contributed by atoms with Crippen LogP contribution < -0.4 is 0 Å². The number of hydrogen-bond acceptors (Lipinski definition) is 6. The van der Waals surface area contributed by atoms with Gasteiger partial charge in [-0.15, -0.1) is 0 Å². The molecule has 0 fully saturated rings. The topological polar surface area (TPSA) is 78.9 Å². The third-order valence-electron chi connectivity index (χ3n) is 10.6. The lowest BCUT2D eigenvalue weighted by molar-refractivity contribution is -0.167. The van der Waals surface area contributed by atoms with Crippen molar-refractivity contribution < 1.29 is 28.6 Å². The van der Waals surface area contributed by atoms with Crippen molar-refractivity contribution in [3.8, 4) is 0 Å². The quantitative estimate of drug-likeness (QED) is 0.0262. The maximum Gasteiger partial charge on any atom is 0.306 e. The molecule has 1 atom stereocenters. The number of allylic oxidation sites excluding steroid dienone is 20. The molecule has 366 valence electrons. The van der Waals surface area contributed by atoms with E-state index < -0.39 is 6.10 Å². The second kappa shape index (κ2) is 52.4. The molecule has 0 saturated carbocycles. The maximum absolute atomic E-state index is 12.8. The fraction of sp³-hybridized carbons (Fsp3) is 0.610. The first-order valence-electron chi connectivity index (χ1n) is 26.2. The molecule has 0 bridgehead atoms. The van der Waals surface area contributed by atoms with Crippen LogP contribution in [0.3, 0.4) is 0 Å². The number of unbranched alkanes of at least 4 members (excludes halogenated alkanes) is 21. The molecule has 0 aromatic carbocycles. The van der Waals surface area contributed by atoms with Crippen LogP contribution in [-0.2, 0) is 28.6 Å². The molecule has 0 radical (unpaired) electrons. The van der Waals surface area contributed by atoms with Crippen molar-refractivity contribution in [2.45, 2.75) is 219 Å². The van der Waals surface area contributed by atoms with Crippen LogP contribution in [0.4, 0.5) is 0 Å². The molecule has 0 aromatic heterocycles. The fourth-order valence-corrected chi connectivity index (χ4v) is 6.63. The van der Waals surface area contributed by atoms with Gasteiger partial charge in [0.15, 0.2) is 6.10 Å². The van der Waals surface area contributed by atoms with Crippen molar-refractivity contribution in [3.63, 3.8) is 0 Å². The van der Waals surface area contributed by atoms with Gasteiger partial charge in [0, 0.05) is 19.3 Å². The van der Waals surface area contributed by atoms with Crippen LogP contribution in [0.1, 0.15) is 213 Å². The maximum atomic E-state index is 12.8. The highest BCUT2D eigenvalue weighted by Crippen LogP contribution is 2.13. The van der Waals surface area contributed by atoms with E-state index >= 15 is 0 Å². The van der Waals surface area contributed by atoms with E-state index in [0.717, 1.165) is 122 Å². The highest BCUT2D eigenvalue weighted by atomic mass is 16.6. The first kappa shape index (κ1) is 60.8. The molecule has 1 unspecified atom stereocenters. The van der Waals surface area contributed by atoms with Crippen LogP contribution in [-0.4, -0.2) is 37.2 Å². The van der Waals surface area contributed by atoms with Crippen LogP contribution in [0.2, 0.25) is 0 Å². The molecule has 0 aromatic rings. The average Bonchev–Trinajstić information content (AvgIpc) is 3.30. The molecule has 6 nitrogen and oxygen atoms in total. The number of hydrogen-bond donors (Lipinski definition) is 0. The molecule has 0 N–H and O–H groups in total. The molecule has 0 amide bonds. The van der Waals surface area contributed by atoms with E-state index in [0.29, 0.717) is 12.8 Å². The summed E-state index contributed by atoms with van der Waals surface area (Å²) in [5.74, 6) is -0.991. The zero-order valence-corrected chi connectivity index (χ0v) is 41.7. The Morgan fingerprint density at radius 1 is 0.308 bits per heavy atom. The monoisotopic (exact) mass is 899 g/mol. The van der Waals surface area contributed by atoms with E-state index in [1.807, 2.05) is 36.5 Å². The van der Waals surface area contributed by atoms with Gasteiger partial charge in [-0.1, -0.05) is 232 Å². The summed E-state index contributed by atoms with van der Waals surface area (Å²) in [6.45, 7) is 6.40. The summed E-state index contributed by atoms with van der Waals surface area (Å²) in [5, 5.41) is 0. The minimum absolute atomic E-state index is 0.112. The Hall–Kier alpha value is -4.19. The predicted molar refractivity (Wildman–Crippen MR) is 279 cm³/mol. The lowest BCUT2D eigenvalue weighted by atomic mass is 10.1. The molecule has 6 heteroatoms. The third kappa shape index (κ3) is 50.7. The number of esters is 3. The summed E-state index contributed by atoms with van der Waals surface area (Å²) < 4.78 is 16.7. The molecular formula is C59H94O6. The van der Waals surface area contributed by atoms with Gasteiger partial charge < -0.3 is 14.2 Å². The molecule has 0 heterocycles. The van der Waals surface area contributed by atoms with E-state index in [9.17, 15) is 14.4 Å². The van der Waals surface area contributed by atoms with Crippen molar-refractivity contribution in [1.29, 1.82) is 0 Å². The summed E-state index contributed by atoms with van der Waals surface area (Å²) in [6.07, 6.45) is 71.7. The van der Waals surface area contributed by atoms with Crippen molar-refractivity contribution >= 4 is 17.9 Å². The van der Waals surface area contributed by atoms with Gasteiger partial charge in [-0.3, -0.25) is 14.4 Å². The Bertz CT molecular complexity index is 1400. The molecule has 0 spiro atoms. The van der Waals surface area contributed by atoms with Crippen molar-refractivity contribution in [1.82, 2.24) is 0 Å². The van der Waals surface area contributed by atoms with E-state index in [-0.39, 0.29) is 37.5 Å². The summed E-state index contributed by atoms with van der Waals surface area (Å²) in [4.78, 5) is 38.0. The average molecular weight is 899 g/mol. The van der Waals surface area contributed by atoms with Crippen LogP contribution in [0.5, 0.6) is 0 Å². The Morgan fingerprint density at radius 3 is 1.00 bits per heavy atom. The summed E-state index contributed by atoms with van der Waals surface area (Å²) in [7, 11) is 0. The van der Waals surface area contributed by atoms with E-state index in [1.165, 1.54) is 51.4 Å². The number of carbonyl (C=O) groups excluding carboxylic acids is 3. The predicted octanol–water partition coefficient (Wildman–Crippen LogP) is 17.3. The van der Waals surface area contributed by atoms with E-state index in [2.05, 4.69) is 106 Å². The normalized spacial score (nSPS) is 13.1. The molecular weight excluding hydrogens is 805 g/mol. The van der Waals surface area contributed by atoms with Gasteiger partial charge in [-0.2, -0.15) is 0 Å². The van der Waals surface area contributed by atoms with Gasteiger partial charge in [0.25, 0.3) is 0 Å². The Morgan fingerprint density at radius 2 is 0.600 bits per heavy atom. The van der Waals surface area contributed by atoms with Gasteiger partial charge in [0.05, 0.1) is 0 Å². The third-order valence-corrected chi connectivity index (χ3v) is 10.6. The SMILES string of the molecule is CCC\C=C/C=C\C=C/C=C\C=C/CCCCCCCC(=O)OCC(COC(=O)CCCCC/C=C\C=C/CCCC)OC(=O)CCCCCCC\C=C/C=C\C=C/CCCCCCC. The van der Waals surface area contributed by atoms with Crippen molar-refractivity contribution in [2.75, 3.05) is 13.2 Å². The highest BCUT2D eigenvalue weighted by Gasteiger charge is 2.19. The molecule has 0 aliphatic carbocycles. The Labute approximate surface area is 399 Å². The highest BCUT2D eigenvalue weighted by molar-refractivity contribution is 5.71. The minimum Gasteiger partial charge on any atom is -0.462 e. The van der Waals surface area contributed by atoms with Gasteiger partial charge >= 0.3 is 17.9 Å². The smallest absolute Gasteiger partial charge is 0.306 e. The van der Waals surface area contributed by atoms with Gasteiger partial charge in [-0.05, 0) is 83.5 Å². The van der Waals surface area contributed by atoms with Gasteiger partial charge in [-0.25, -0.2) is 0 Å². The second-order valence-electron chi connectivity index (χ2n) is 16.9. The number of carbonyl (C=O) groups is 3. The van der Waals surface area contributed by atoms with Crippen molar-refractivity contribution in [3.05, 3.63) is 122 Å². The summed E-state index contributed by atoms with van der Waals surface area (Å²) in [6, 6.07) is 0. The summed E-state index contributed by atoms with van der Waals surface area (Å²) >= 11 is 0. The van der Waals surface area contributed by atoms with Crippen LogP contribution >= 0.6 is 0 Å². The first-order chi connectivity index (χ1) is 32.0. The van der Waals surface area contributed by atoms with Crippen LogP contribution in [0.25, 0.3) is 0 Å². The van der Waals surface area contributed by atoms with Gasteiger partial charge in [0.1, 0.15) is 13.2 Å². The van der Waals surface area contributed by atoms with Crippen LogP contribution in [0, 0.1) is 0 Å². The molecule has 0 saturated heterocycles. The second-order valence-corrected chi connectivity index (χ2v) is 16.9. The minimum atomic E-state index is -0.814.